The summed E-state index contributed by atoms with van der Waals surface area (Å²) in [4.78, 5) is 19.8. The van der Waals surface area contributed by atoms with Crippen molar-refractivity contribution in [1.82, 2.24) is 9.97 Å². The molecule has 0 aliphatic heterocycles. The number of pyridine rings is 2. The summed E-state index contributed by atoms with van der Waals surface area (Å²) in [7, 11) is 0. The van der Waals surface area contributed by atoms with Gasteiger partial charge in [-0.25, -0.2) is 4.98 Å². The average Bonchev–Trinajstić information content (AvgIpc) is 2.30. The lowest BCUT2D eigenvalue weighted by molar-refractivity contribution is 0.102. The number of hydrogen-bond acceptors (Lipinski definition) is 3. The van der Waals surface area contributed by atoms with Crippen molar-refractivity contribution in [3.8, 4) is 0 Å². The van der Waals surface area contributed by atoms with Crippen molar-refractivity contribution in [2.45, 2.75) is 6.92 Å². The van der Waals surface area contributed by atoms with Crippen molar-refractivity contribution in [2.24, 2.45) is 0 Å². The monoisotopic (exact) mass is 213 g/mol. The van der Waals surface area contributed by atoms with Crippen LogP contribution in [0.15, 0.2) is 42.7 Å². The number of nitrogens with one attached hydrogen (secondary N) is 1. The lowest BCUT2D eigenvalue weighted by atomic mass is 10.2. The summed E-state index contributed by atoms with van der Waals surface area (Å²) in [5.74, 6) is 0.367. The van der Waals surface area contributed by atoms with Gasteiger partial charge in [0.05, 0.1) is 0 Å². The van der Waals surface area contributed by atoms with Crippen LogP contribution in [0.25, 0.3) is 0 Å². The minimum Gasteiger partial charge on any atom is -0.307 e. The maximum absolute atomic E-state index is 11.8. The topological polar surface area (TPSA) is 54.9 Å². The van der Waals surface area contributed by atoms with E-state index in [-0.39, 0.29) is 5.91 Å². The predicted octanol–water partition coefficient (Wildman–Crippen LogP) is 2.04. The number of aryl methyl sites for hydroxylation is 1. The van der Waals surface area contributed by atoms with Gasteiger partial charge in [-0.3, -0.25) is 9.78 Å². The van der Waals surface area contributed by atoms with Crippen molar-refractivity contribution in [3.05, 3.63) is 54.0 Å². The summed E-state index contributed by atoms with van der Waals surface area (Å²) in [6.07, 6.45) is 3.25. The van der Waals surface area contributed by atoms with Crippen LogP contribution in [0.3, 0.4) is 0 Å². The number of aromatic nitrogens is 2. The summed E-state index contributed by atoms with van der Waals surface area (Å²) in [6, 6.07) is 8.77. The van der Waals surface area contributed by atoms with Crippen LogP contribution in [-0.2, 0) is 0 Å². The standard InChI is InChI=1S/C12H11N3O/c1-9-8-10(5-7-13-9)12(16)15-11-4-2-3-6-14-11/h2-8H,1H3,(H,14,15,16). The molecule has 0 aromatic carbocycles. The van der Waals surface area contributed by atoms with Crippen LogP contribution in [0.2, 0.25) is 0 Å². The summed E-state index contributed by atoms with van der Waals surface area (Å²) < 4.78 is 0. The Labute approximate surface area is 93.4 Å². The molecular weight excluding hydrogens is 202 g/mol. The van der Waals surface area contributed by atoms with Crippen molar-refractivity contribution in [2.75, 3.05) is 5.32 Å². The first kappa shape index (κ1) is 10.3. The fourth-order valence-corrected chi connectivity index (χ4v) is 1.31. The normalized spacial score (nSPS) is 9.81. The Morgan fingerprint density at radius 2 is 2.06 bits per heavy atom. The summed E-state index contributed by atoms with van der Waals surface area (Å²) in [5.41, 5.74) is 1.40. The smallest absolute Gasteiger partial charge is 0.256 e. The molecule has 2 heterocycles. The number of carbonyl (C=O) groups is 1. The molecule has 0 saturated carbocycles. The Morgan fingerprint density at radius 1 is 1.19 bits per heavy atom. The first-order chi connectivity index (χ1) is 7.75. The highest BCUT2D eigenvalue weighted by molar-refractivity contribution is 6.03. The zero-order valence-electron chi connectivity index (χ0n) is 8.84. The Hall–Kier alpha value is -2.23. The molecular formula is C12H11N3O. The van der Waals surface area contributed by atoms with E-state index in [2.05, 4.69) is 15.3 Å². The largest absolute Gasteiger partial charge is 0.307 e. The predicted molar refractivity (Wildman–Crippen MR) is 61.2 cm³/mol. The average molecular weight is 213 g/mol. The third-order valence-electron chi connectivity index (χ3n) is 2.07. The summed E-state index contributed by atoms with van der Waals surface area (Å²) in [5, 5.41) is 2.71. The second kappa shape index (κ2) is 4.53. The molecule has 0 bridgehead atoms. The van der Waals surface area contributed by atoms with Crippen LogP contribution < -0.4 is 5.32 Å². The fraction of sp³-hybridized carbons (Fsp3) is 0.0833. The van der Waals surface area contributed by atoms with Gasteiger partial charge in [-0.1, -0.05) is 6.07 Å². The van der Waals surface area contributed by atoms with E-state index in [4.69, 9.17) is 0 Å². The zero-order chi connectivity index (χ0) is 11.4. The van der Waals surface area contributed by atoms with Gasteiger partial charge in [0.2, 0.25) is 0 Å². The fourth-order valence-electron chi connectivity index (χ4n) is 1.31. The molecule has 0 radical (unpaired) electrons. The molecule has 2 aromatic heterocycles. The number of carbonyl (C=O) groups excluding carboxylic acids is 1. The van der Waals surface area contributed by atoms with E-state index >= 15 is 0 Å². The van der Waals surface area contributed by atoms with E-state index in [0.29, 0.717) is 11.4 Å². The molecule has 80 valence electrons. The number of rotatable bonds is 2. The highest BCUT2D eigenvalue weighted by Crippen LogP contribution is 2.05. The van der Waals surface area contributed by atoms with Crippen LogP contribution in [0.4, 0.5) is 5.82 Å². The minimum atomic E-state index is -0.177. The highest BCUT2D eigenvalue weighted by atomic mass is 16.1. The molecule has 4 heteroatoms. The van der Waals surface area contributed by atoms with Crippen LogP contribution in [-0.4, -0.2) is 15.9 Å². The van der Waals surface area contributed by atoms with E-state index in [0.717, 1.165) is 5.69 Å². The van der Waals surface area contributed by atoms with Gasteiger partial charge in [0.25, 0.3) is 5.91 Å². The molecule has 0 unspecified atom stereocenters. The molecule has 1 N–H and O–H groups in total. The molecule has 1 amide bonds. The molecule has 0 fully saturated rings. The molecule has 16 heavy (non-hydrogen) atoms. The summed E-state index contributed by atoms with van der Waals surface area (Å²) in [6.45, 7) is 1.84. The van der Waals surface area contributed by atoms with Gasteiger partial charge >= 0.3 is 0 Å². The minimum absolute atomic E-state index is 0.177. The molecule has 0 saturated heterocycles. The van der Waals surface area contributed by atoms with Crippen molar-refractivity contribution >= 4 is 11.7 Å². The SMILES string of the molecule is Cc1cc(C(=O)Nc2ccccn2)ccn1. The molecule has 0 spiro atoms. The molecule has 0 atom stereocenters. The second-order valence-corrected chi connectivity index (χ2v) is 3.36. The van der Waals surface area contributed by atoms with E-state index in [9.17, 15) is 4.79 Å². The molecule has 0 aliphatic rings. The van der Waals surface area contributed by atoms with Crippen LogP contribution in [0.1, 0.15) is 16.1 Å². The van der Waals surface area contributed by atoms with Gasteiger partial charge in [-0.2, -0.15) is 0 Å². The molecule has 0 aliphatic carbocycles. The second-order valence-electron chi connectivity index (χ2n) is 3.36. The van der Waals surface area contributed by atoms with E-state index in [1.54, 1.807) is 36.7 Å². The van der Waals surface area contributed by atoms with Gasteiger partial charge in [0.15, 0.2) is 0 Å². The van der Waals surface area contributed by atoms with E-state index in [1.807, 2.05) is 13.0 Å². The number of anilines is 1. The summed E-state index contributed by atoms with van der Waals surface area (Å²) >= 11 is 0. The first-order valence-corrected chi connectivity index (χ1v) is 4.91. The third kappa shape index (κ3) is 2.42. The maximum Gasteiger partial charge on any atom is 0.256 e. The van der Waals surface area contributed by atoms with Crippen LogP contribution in [0, 0.1) is 6.92 Å². The van der Waals surface area contributed by atoms with Crippen molar-refractivity contribution in [1.29, 1.82) is 0 Å². The molecule has 2 rings (SSSR count). The quantitative estimate of drug-likeness (QED) is 0.830. The Morgan fingerprint density at radius 3 is 2.75 bits per heavy atom. The molecule has 4 nitrogen and oxygen atoms in total. The number of amides is 1. The van der Waals surface area contributed by atoms with Crippen molar-refractivity contribution in [3.63, 3.8) is 0 Å². The van der Waals surface area contributed by atoms with Crippen LogP contribution >= 0.6 is 0 Å². The highest BCUT2D eigenvalue weighted by Gasteiger charge is 2.06. The number of nitrogens with zero attached hydrogens (tertiary/aromatic N) is 2. The number of hydrogen-bond donors (Lipinski definition) is 1. The van der Waals surface area contributed by atoms with Gasteiger partial charge < -0.3 is 5.32 Å². The Bertz CT molecular complexity index is 497. The Balaban J connectivity index is 2.15. The lowest BCUT2D eigenvalue weighted by Crippen LogP contribution is -2.13. The lowest BCUT2D eigenvalue weighted by Gasteiger charge is -2.03. The van der Waals surface area contributed by atoms with Gasteiger partial charge in [-0.15, -0.1) is 0 Å². The van der Waals surface area contributed by atoms with E-state index < -0.39 is 0 Å². The molecule has 2 aromatic rings. The van der Waals surface area contributed by atoms with Gasteiger partial charge in [0, 0.05) is 23.7 Å². The van der Waals surface area contributed by atoms with Crippen molar-refractivity contribution < 1.29 is 4.79 Å². The zero-order valence-corrected chi connectivity index (χ0v) is 8.84. The maximum atomic E-state index is 11.8. The van der Waals surface area contributed by atoms with Crippen LogP contribution in [0.5, 0.6) is 0 Å². The van der Waals surface area contributed by atoms with Gasteiger partial charge in [-0.05, 0) is 31.2 Å². The van der Waals surface area contributed by atoms with Gasteiger partial charge in [0.1, 0.15) is 5.82 Å². The Kier molecular flexibility index (Phi) is 2.91. The third-order valence-corrected chi connectivity index (χ3v) is 2.07. The first-order valence-electron chi connectivity index (χ1n) is 4.91. The van der Waals surface area contributed by atoms with E-state index in [1.165, 1.54) is 0 Å².